The van der Waals surface area contributed by atoms with Gasteiger partial charge in [0.25, 0.3) is 0 Å². The summed E-state index contributed by atoms with van der Waals surface area (Å²) in [6.07, 6.45) is 8.50. The number of ether oxygens (including phenoxy) is 1. The third-order valence-corrected chi connectivity index (χ3v) is 7.06. The fraction of sp³-hybridized carbons (Fsp3) is 0.625. The standard InChI is InChI=1S/C24H34BrN5O3/c1-24(2,3)33-23(32)28-19(16-7-5-4-6-8-16)22(31)30-13-11-29(12-14-30)20-17-9-10-26-21(17)27-15-18(20)25/h9-10,15-16,19H,4-8,11-14H2,1-3H3,(H,26,27)(H,28,32). The lowest BCUT2D eigenvalue weighted by Gasteiger charge is -2.40. The fourth-order valence-electron chi connectivity index (χ4n) is 4.92. The summed E-state index contributed by atoms with van der Waals surface area (Å²) < 4.78 is 6.42. The molecule has 0 spiro atoms. The Morgan fingerprint density at radius 3 is 2.55 bits per heavy atom. The van der Waals surface area contributed by atoms with Crippen molar-refractivity contribution >= 4 is 44.7 Å². The van der Waals surface area contributed by atoms with Gasteiger partial charge in [-0.1, -0.05) is 19.3 Å². The van der Waals surface area contributed by atoms with Crippen LogP contribution in [0.3, 0.4) is 0 Å². The lowest BCUT2D eigenvalue weighted by atomic mass is 9.83. The minimum absolute atomic E-state index is 0.00740. The van der Waals surface area contributed by atoms with Gasteiger partial charge in [-0.05, 0) is 61.5 Å². The Balaban J connectivity index is 1.45. The molecule has 1 unspecified atom stereocenters. The van der Waals surface area contributed by atoms with E-state index < -0.39 is 17.7 Å². The van der Waals surface area contributed by atoms with E-state index in [1.165, 1.54) is 6.42 Å². The van der Waals surface area contributed by atoms with Crippen LogP contribution >= 0.6 is 15.9 Å². The van der Waals surface area contributed by atoms with Gasteiger partial charge in [0.15, 0.2) is 0 Å². The van der Waals surface area contributed by atoms with Crippen molar-refractivity contribution in [2.24, 2.45) is 5.92 Å². The lowest BCUT2D eigenvalue weighted by molar-refractivity contribution is -0.135. The molecule has 3 heterocycles. The van der Waals surface area contributed by atoms with Crippen LogP contribution in [0.1, 0.15) is 52.9 Å². The van der Waals surface area contributed by atoms with E-state index in [2.05, 4.69) is 36.1 Å². The molecule has 0 aromatic carbocycles. The fourth-order valence-corrected chi connectivity index (χ4v) is 5.49. The zero-order valence-electron chi connectivity index (χ0n) is 19.7. The molecule has 8 nitrogen and oxygen atoms in total. The van der Waals surface area contributed by atoms with Crippen molar-refractivity contribution in [1.82, 2.24) is 20.2 Å². The largest absolute Gasteiger partial charge is 0.444 e. The van der Waals surface area contributed by atoms with Gasteiger partial charge in [0.2, 0.25) is 5.91 Å². The van der Waals surface area contributed by atoms with E-state index in [4.69, 9.17) is 4.74 Å². The van der Waals surface area contributed by atoms with Gasteiger partial charge >= 0.3 is 6.09 Å². The highest BCUT2D eigenvalue weighted by atomic mass is 79.9. The average molecular weight is 520 g/mol. The Hall–Kier alpha value is -2.29. The number of rotatable bonds is 4. The number of nitrogens with zero attached hydrogens (tertiary/aromatic N) is 3. The zero-order valence-corrected chi connectivity index (χ0v) is 21.3. The highest BCUT2D eigenvalue weighted by Crippen LogP contribution is 2.34. The molecule has 0 radical (unpaired) electrons. The Bertz CT molecular complexity index is 988. The molecule has 180 valence electrons. The number of H-pyrrole nitrogens is 1. The number of anilines is 1. The SMILES string of the molecule is CC(C)(C)OC(=O)NC(C(=O)N1CCN(c2c(Br)cnc3[nH]ccc23)CC1)C1CCCCC1. The summed E-state index contributed by atoms with van der Waals surface area (Å²) in [6.45, 7) is 8.17. The third kappa shape index (κ3) is 5.62. The number of pyridine rings is 1. The molecular formula is C24H34BrN5O3. The first-order valence-electron chi connectivity index (χ1n) is 11.9. The molecule has 2 amide bonds. The number of aromatic nitrogens is 2. The number of hydrogen-bond acceptors (Lipinski definition) is 5. The van der Waals surface area contributed by atoms with Gasteiger partial charge in [0, 0.05) is 44.0 Å². The maximum Gasteiger partial charge on any atom is 0.408 e. The number of aromatic amines is 1. The van der Waals surface area contributed by atoms with Crippen LogP contribution in [0.5, 0.6) is 0 Å². The van der Waals surface area contributed by atoms with Gasteiger partial charge in [0.1, 0.15) is 17.3 Å². The topological polar surface area (TPSA) is 90.6 Å². The van der Waals surface area contributed by atoms with E-state index in [1.807, 2.05) is 44.1 Å². The van der Waals surface area contributed by atoms with Crippen molar-refractivity contribution in [3.05, 3.63) is 22.9 Å². The van der Waals surface area contributed by atoms with Gasteiger partial charge in [-0.15, -0.1) is 0 Å². The molecule has 0 bridgehead atoms. The maximum absolute atomic E-state index is 13.6. The van der Waals surface area contributed by atoms with Crippen molar-refractivity contribution in [2.45, 2.75) is 64.5 Å². The molecule has 2 N–H and O–H groups in total. The predicted octanol–water partition coefficient (Wildman–Crippen LogP) is 4.45. The highest BCUT2D eigenvalue weighted by molar-refractivity contribution is 9.10. The maximum atomic E-state index is 13.6. The van der Waals surface area contributed by atoms with E-state index in [0.717, 1.165) is 60.0 Å². The molecule has 2 aliphatic rings. The monoisotopic (exact) mass is 519 g/mol. The molecule has 4 rings (SSSR count). The highest BCUT2D eigenvalue weighted by Gasteiger charge is 2.36. The van der Waals surface area contributed by atoms with Crippen molar-refractivity contribution < 1.29 is 14.3 Å². The minimum atomic E-state index is -0.600. The van der Waals surface area contributed by atoms with Crippen LogP contribution in [-0.4, -0.2) is 64.7 Å². The number of piperazine rings is 1. The quantitative estimate of drug-likeness (QED) is 0.622. The van der Waals surface area contributed by atoms with Crippen LogP contribution < -0.4 is 10.2 Å². The summed E-state index contributed by atoms with van der Waals surface area (Å²) in [5.74, 6) is 0.165. The van der Waals surface area contributed by atoms with E-state index in [9.17, 15) is 9.59 Å². The van der Waals surface area contributed by atoms with Crippen molar-refractivity contribution in [1.29, 1.82) is 0 Å². The van der Waals surface area contributed by atoms with Crippen LogP contribution in [-0.2, 0) is 9.53 Å². The molecule has 9 heteroatoms. The molecule has 1 aliphatic carbocycles. The minimum Gasteiger partial charge on any atom is -0.444 e. The zero-order chi connectivity index (χ0) is 23.6. The first-order valence-corrected chi connectivity index (χ1v) is 12.7. The molecule has 2 aromatic heterocycles. The van der Waals surface area contributed by atoms with E-state index in [0.29, 0.717) is 13.1 Å². The van der Waals surface area contributed by atoms with Gasteiger partial charge in [-0.2, -0.15) is 0 Å². The second-order valence-electron chi connectivity index (χ2n) is 10.0. The Morgan fingerprint density at radius 1 is 1.18 bits per heavy atom. The number of carbonyl (C=O) groups excluding carboxylic acids is 2. The molecule has 33 heavy (non-hydrogen) atoms. The Morgan fingerprint density at radius 2 is 1.88 bits per heavy atom. The number of fused-ring (bicyclic) bond motifs is 1. The van der Waals surface area contributed by atoms with Crippen LogP contribution in [0.25, 0.3) is 11.0 Å². The van der Waals surface area contributed by atoms with Crippen LogP contribution in [0, 0.1) is 5.92 Å². The van der Waals surface area contributed by atoms with Gasteiger partial charge in [-0.3, -0.25) is 4.79 Å². The van der Waals surface area contributed by atoms with Crippen molar-refractivity contribution in [2.75, 3.05) is 31.1 Å². The summed E-state index contributed by atoms with van der Waals surface area (Å²) in [5, 5.41) is 3.99. The predicted molar refractivity (Wildman–Crippen MR) is 132 cm³/mol. The summed E-state index contributed by atoms with van der Waals surface area (Å²) in [5.41, 5.74) is 1.35. The average Bonchev–Trinajstić information content (AvgIpc) is 3.25. The van der Waals surface area contributed by atoms with E-state index >= 15 is 0 Å². The molecule has 1 saturated heterocycles. The summed E-state index contributed by atoms with van der Waals surface area (Å²) in [4.78, 5) is 37.9. The summed E-state index contributed by atoms with van der Waals surface area (Å²) in [7, 11) is 0. The van der Waals surface area contributed by atoms with Crippen LogP contribution in [0.15, 0.2) is 22.9 Å². The second-order valence-corrected chi connectivity index (χ2v) is 10.9. The molecule has 1 aliphatic heterocycles. The molecular weight excluding hydrogens is 486 g/mol. The van der Waals surface area contributed by atoms with Crippen LogP contribution in [0.2, 0.25) is 0 Å². The number of nitrogens with one attached hydrogen (secondary N) is 2. The van der Waals surface area contributed by atoms with Gasteiger partial charge < -0.3 is 24.8 Å². The Kier molecular flexibility index (Phi) is 7.16. The van der Waals surface area contributed by atoms with E-state index in [1.54, 1.807) is 0 Å². The van der Waals surface area contributed by atoms with Gasteiger partial charge in [-0.25, -0.2) is 9.78 Å². The summed E-state index contributed by atoms with van der Waals surface area (Å²) >= 11 is 3.65. The number of halogens is 1. The molecule has 1 atom stereocenters. The number of amides is 2. The smallest absolute Gasteiger partial charge is 0.408 e. The lowest BCUT2D eigenvalue weighted by Crippen LogP contribution is -2.57. The number of carbonyl (C=O) groups is 2. The first kappa shape index (κ1) is 23.9. The summed E-state index contributed by atoms with van der Waals surface area (Å²) in [6, 6.07) is 1.50. The first-order chi connectivity index (χ1) is 15.7. The van der Waals surface area contributed by atoms with E-state index in [-0.39, 0.29) is 11.8 Å². The number of alkyl carbamates (subject to hydrolysis) is 1. The molecule has 1 saturated carbocycles. The molecule has 2 fully saturated rings. The van der Waals surface area contributed by atoms with Crippen molar-refractivity contribution in [3.63, 3.8) is 0 Å². The molecule has 2 aromatic rings. The normalized spacial score (nSPS) is 18.9. The number of hydrogen-bond donors (Lipinski definition) is 2. The van der Waals surface area contributed by atoms with Crippen molar-refractivity contribution in [3.8, 4) is 0 Å². The third-order valence-electron chi connectivity index (χ3n) is 6.48. The Labute approximate surface area is 203 Å². The van der Waals surface area contributed by atoms with Crippen LogP contribution in [0.4, 0.5) is 10.5 Å². The second kappa shape index (κ2) is 9.91. The van der Waals surface area contributed by atoms with Gasteiger partial charge in [0.05, 0.1) is 10.2 Å².